The van der Waals surface area contributed by atoms with E-state index >= 15 is 0 Å². The molecule has 3 saturated carbocycles. The molecular formula is C23H30O4. The van der Waals surface area contributed by atoms with Crippen LogP contribution in [0, 0.1) is 40.9 Å². The number of hydrogen-bond acceptors (Lipinski definition) is 4. The number of esters is 1. The Morgan fingerprint density at radius 1 is 1.30 bits per heavy atom. The van der Waals surface area contributed by atoms with Crippen molar-refractivity contribution >= 4 is 11.8 Å². The van der Waals surface area contributed by atoms with E-state index in [1.807, 2.05) is 6.08 Å². The molecule has 146 valence electrons. The number of allylic oxidation sites excluding steroid dienone is 1. The van der Waals surface area contributed by atoms with Crippen molar-refractivity contribution in [1.82, 2.24) is 0 Å². The molecule has 0 unspecified atom stereocenters. The van der Waals surface area contributed by atoms with Gasteiger partial charge in [-0.25, -0.2) is 0 Å². The number of aliphatic hydroxyl groups excluding tert-OH is 1. The smallest absolute Gasteiger partial charge is 0.304 e. The SMILES string of the molecule is C#C[C@]1(OC(C)=O)CC[C@H]2[C@@H]3CCC4=CC(=O)CC[C@]4(C)[C@H]3[C@@H](O)C[C@@]21C. The maximum absolute atomic E-state index is 12.0. The highest BCUT2D eigenvalue weighted by Crippen LogP contribution is 2.68. The standard InChI is InChI=1S/C23H30O4/c1-5-23(27-14(2)24)11-9-18-17-7-6-15-12-16(25)8-10-21(15,3)20(17)19(26)13-22(18,23)4/h1,12,17-20,26H,6-11,13H2,2-4H3/t17-,18-,19-,20+,21-,22-,23-/m0/s1. The second-order valence-electron chi connectivity index (χ2n) is 9.68. The Morgan fingerprint density at radius 3 is 2.70 bits per heavy atom. The summed E-state index contributed by atoms with van der Waals surface area (Å²) in [6.45, 7) is 5.77. The zero-order chi connectivity index (χ0) is 19.6. The van der Waals surface area contributed by atoms with Gasteiger partial charge in [0, 0.05) is 18.8 Å². The maximum atomic E-state index is 12.0. The maximum Gasteiger partial charge on any atom is 0.304 e. The third-order valence-electron chi connectivity index (χ3n) is 8.57. The summed E-state index contributed by atoms with van der Waals surface area (Å²) in [6.07, 6.45) is 12.7. The second kappa shape index (κ2) is 5.95. The van der Waals surface area contributed by atoms with Crippen LogP contribution in [0.2, 0.25) is 0 Å². The predicted molar refractivity (Wildman–Crippen MR) is 101 cm³/mol. The third kappa shape index (κ3) is 2.40. The Labute approximate surface area is 161 Å². The van der Waals surface area contributed by atoms with Crippen molar-refractivity contribution in [2.75, 3.05) is 0 Å². The second-order valence-corrected chi connectivity index (χ2v) is 9.68. The lowest BCUT2D eigenvalue weighted by atomic mass is 9.45. The Morgan fingerprint density at radius 2 is 2.04 bits per heavy atom. The molecule has 0 aromatic heterocycles. The van der Waals surface area contributed by atoms with Crippen LogP contribution < -0.4 is 0 Å². The summed E-state index contributed by atoms with van der Waals surface area (Å²) in [5, 5.41) is 11.3. The van der Waals surface area contributed by atoms with E-state index in [4.69, 9.17) is 11.2 Å². The summed E-state index contributed by atoms with van der Waals surface area (Å²) in [7, 11) is 0. The first-order valence-electron chi connectivity index (χ1n) is 10.3. The number of ether oxygens (including phenoxy) is 1. The van der Waals surface area contributed by atoms with E-state index in [1.54, 1.807) is 0 Å². The topological polar surface area (TPSA) is 63.6 Å². The largest absolute Gasteiger partial charge is 0.445 e. The lowest BCUT2D eigenvalue weighted by molar-refractivity contribution is -0.183. The molecule has 0 spiro atoms. The Hall–Kier alpha value is -1.60. The van der Waals surface area contributed by atoms with Crippen LogP contribution in [0.15, 0.2) is 11.6 Å². The van der Waals surface area contributed by atoms with E-state index in [9.17, 15) is 14.7 Å². The average Bonchev–Trinajstić information content (AvgIpc) is 2.87. The quantitative estimate of drug-likeness (QED) is 0.567. The van der Waals surface area contributed by atoms with E-state index in [1.165, 1.54) is 12.5 Å². The molecule has 4 aliphatic rings. The van der Waals surface area contributed by atoms with Crippen molar-refractivity contribution < 1.29 is 19.4 Å². The van der Waals surface area contributed by atoms with Gasteiger partial charge in [-0.05, 0) is 67.8 Å². The molecule has 7 atom stereocenters. The third-order valence-corrected chi connectivity index (χ3v) is 8.57. The summed E-state index contributed by atoms with van der Waals surface area (Å²) < 4.78 is 5.75. The number of fused-ring (bicyclic) bond motifs is 5. The van der Waals surface area contributed by atoms with Gasteiger partial charge in [-0.1, -0.05) is 25.3 Å². The Balaban J connectivity index is 1.74. The molecule has 4 nitrogen and oxygen atoms in total. The van der Waals surface area contributed by atoms with Crippen molar-refractivity contribution in [2.45, 2.75) is 77.4 Å². The van der Waals surface area contributed by atoms with Gasteiger partial charge in [0.05, 0.1) is 6.10 Å². The van der Waals surface area contributed by atoms with Gasteiger partial charge in [0.1, 0.15) is 0 Å². The van der Waals surface area contributed by atoms with Crippen LogP contribution in [0.3, 0.4) is 0 Å². The summed E-state index contributed by atoms with van der Waals surface area (Å²) in [5.74, 6) is 3.52. The predicted octanol–water partition coefficient (Wildman–Crippen LogP) is 3.42. The van der Waals surface area contributed by atoms with Crippen molar-refractivity contribution in [2.24, 2.45) is 28.6 Å². The van der Waals surface area contributed by atoms with Crippen LogP contribution in [0.5, 0.6) is 0 Å². The number of aliphatic hydroxyl groups is 1. The molecule has 0 bridgehead atoms. The Kier molecular flexibility index (Phi) is 4.13. The molecule has 0 amide bonds. The molecule has 0 aromatic carbocycles. The normalized spacial score (nSPS) is 48.6. The molecule has 0 aliphatic heterocycles. The van der Waals surface area contributed by atoms with Crippen molar-refractivity contribution in [3.05, 3.63) is 11.6 Å². The molecule has 0 saturated heterocycles. The number of carbonyl (C=O) groups is 2. The molecule has 3 fully saturated rings. The minimum Gasteiger partial charge on any atom is -0.445 e. The summed E-state index contributed by atoms with van der Waals surface area (Å²) in [4.78, 5) is 23.7. The van der Waals surface area contributed by atoms with Crippen LogP contribution in [0.4, 0.5) is 0 Å². The fourth-order valence-corrected chi connectivity index (χ4v) is 7.35. The fourth-order valence-electron chi connectivity index (χ4n) is 7.35. The van der Waals surface area contributed by atoms with E-state index < -0.39 is 17.1 Å². The van der Waals surface area contributed by atoms with Gasteiger partial charge in [-0.15, -0.1) is 6.42 Å². The number of carbonyl (C=O) groups excluding carboxylic acids is 2. The number of rotatable bonds is 1. The van der Waals surface area contributed by atoms with E-state index in [-0.39, 0.29) is 23.1 Å². The Bertz CT molecular complexity index is 761. The zero-order valence-corrected chi connectivity index (χ0v) is 16.6. The monoisotopic (exact) mass is 370 g/mol. The molecule has 0 heterocycles. The van der Waals surface area contributed by atoms with Crippen LogP contribution in [0.25, 0.3) is 0 Å². The number of hydrogen-bond donors (Lipinski definition) is 1. The van der Waals surface area contributed by atoms with Gasteiger partial charge in [-0.3, -0.25) is 9.59 Å². The van der Waals surface area contributed by atoms with Gasteiger partial charge in [-0.2, -0.15) is 0 Å². The van der Waals surface area contributed by atoms with Crippen LogP contribution >= 0.6 is 0 Å². The van der Waals surface area contributed by atoms with Crippen molar-refractivity contribution in [1.29, 1.82) is 0 Å². The van der Waals surface area contributed by atoms with Gasteiger partial charge < -0.3 is 9.84 Å². The summed E-state index contributed by atoms with van der Waals surface area (Å²) >= 11 is 0. The van der Waals surface area contributed by atoms with E-state index in [0.717, 1.165) is 25.7 Å². The molecule has 0 radical (unpaired) electrons. The van der Waals surface area contributed by atoms with Crippen molar-refractivity contribution in [3.8, 4) is 12.3 Å². The van der Waals surface area contributed by atoms with Gasteiger partial charge in [0.25, 0.3) is 0 Å². The van der Waals surface area contributed by atoms with Gasteiger partial charge in [0.15, 0.2) is 11.4 Å². The van der Waals surface area contributed by atoms with Crippen LogP contribution in [-0.2, 0) is 14.3 Å². The van der Waals surface area contributed by atoms with Gasteiger partial charge >= 0.3 is 5.97 Å². The minimum absolute atomic E-state index is 0.111. The highest BCUT2D eigenvalue weighted by Gasteiger charge is 2.67. The number of ketones is 1. The summed E-state index contributed by atoms with van der Waals surface area (Å²) in [5.41, 5.74) is -0.213. The average molecular weight is 370 g/mol. The fraction of sp³-hybridized carbons (Fsp3) is 0.739. The molecule has 27 heavy (non-hydrogen) atoms. The molecule has 4 heteroatoms. The van der Waals surface area contributed by atoms with Gasteiger partial charge in [0.2, 0.25) is 0 Å². The molecule has 0 aromatic rings. The van der Waals surface area contributed by atoms with E-state index in [0.29, 0.717) is 31.1 Å². The van der Waals surface area contributed by atoms with Crippen LogP contribution in [-0.4, -0.2) is 28.6 Å². The van der Waals surface area contributed by atoms with E-state index in [2.05, 4.69) is 19.8 Å². The first-order chi connectivity index (χ1) is 12.7. The highest BCUT2D eigenvalue weighted by atomic mass is 16.6. The molecule has 4 rings (SSSR count). The zero-order valence-electron chi connectivity index (χ0n) is 16.6. The molecular weight excluding hydrogens is 340 g/mol. The lowest BCUT2D eigenvalue weighted by Gasteiger charge is -2.60. The minimum atomic E-state index is -0.922. The first-order valence-corrected chi connectivity index (χ1v) is 10.3. The lowest BCUT2D eigenvalue weighted by Crippen LogP contribution is -2.60. The van der Waals surface area contributed by atoms with Crippen molar-refractivity contribution in [3.63, 3.8) is 0 Å². The molecule has 4 aliphatic carbocycles. The van der Waals surface area contributed by atoms with Crippen LogP contribution in [0.1, 0.15) is 65.7 Å². The highest BCUT2D eigenvalue weighted by molar-refractivity contribution is 5.91. The first kappa shape index (κ1) is 18.7. The summed E-state index contributed by atoms with van der Waals surface area (Å²) in [6, 6.07) is 0. The molecule has 1 N–H and O–H groups in total. The number of terminal acetylenes is 1.